The Kier molecular flexibility index (Phi) is 6.46. The van der Waals surface area contributed by atoms with E-state index >= 15 is 0 Å². The van der Waals surface area contributed by atoms with Gasteiger partial charge in [0.15, 0.2) is 0 Å². The highest BCUT2D eigenvalue weighted by Crippen LogP contribution is 2.37. The number of rotatable bonds is 7. The number of aryl methyl sites for hydroxylation is 2. The molecule has 4 rings (SSSR count). The standard InChI is InChI=1S/C25H32N4O3/c1-5-31-24(30)25(11-8-12-29(17-25)16-20-15-26-19(3)28(20)4)14-21-13-23(27-32-21)22-10-7-6-9-18(22)2/h6-7,9-10,13,15H,5,8,11-12,14,16-17H2,1-4H3. The van der Waals surface area contributed by atoms with Gasteiger partial charge in [0.05, 0.1) is 17.7 Å². The van der Waals surface area contributed by atoms with Gasteiger partial charge in [-0.25, -0.2) is 4.98 Å². The second kappa shape index (κ2) is 9.28. The van der Waals surface area contributed by atoms with E-state index in [4.69, 9.17) is 9.26 Å². The molecule has 32 heavy (non-hydrogen) atoms. The highest BCUT2D eigenvalue weighted by atomic mass is 16.5. The summed E-state index contributed by atoms with van der Waals surface area (Å²) in [6.45, 7) is 8.60. The van der Waals surface area contributed by atoms with Crippen molar-refractivity contribution >= 4 is 5.97 Å². The maximum Gasteiger partial charge on any atom is 0.313 e. The summed E-state index contributed by atoms with van der Waals surface area (Å²) in [6, 6.07) is 10.1. The first-order chi connectivity index (χ1) is 15.4. The van der Waals surface area contributed by atoms with Crippen molar-refractivity contribution in [3.05, 3.63) is 59.4 Å². The predicted octanol–water partition coefficient (Wildman–Crippen LogP) is 4.08. The van der Waals surface area contributed by atoms with E-state index in [-0.39, 0.29) is 5.97 Å². The smallest absolute Gasteiger partial charge is 0.313 e. The van der Waals surface area contributed by atoms with Gasteiger partial charge in [-0.3, -0.25) is 9.69 Å². The number of hydrogen-bond acceptors (Lipinski definition) is 6. The van der Waals surface area contributed by atoms with Crippen molar-refractivity contribution in [3.63, 3.8) is 0 Å². The largest absolute Gasteiger partial charge is 0.466 e. The number of benzene rings is 1. The third kappa shape index (κ3) is 4.48. The molecule has 0 amide bonds. The second-order valence-corrected chi connectivity index (χ2v) is 8.84. The monoisotopic (exact) mass is 436 g/mol. The number of likely N-dealkylation sites (tertiary alicyclic amines) is 1. The van der Waals surface area contributed by atoms with Crippen LogP contribution in [0.15, 0.2) is 41.1 Å². The van der Waals surface area contributed by atoms with Gasteiger partial charge in [-0.15, -0.1) is 0 Å². The van der Waals surface area contributed by atoms with E-state index in [0.29, 0.717) is 19.6 Å². The maximum absolute atomic E-state index is 13.2. The highest BCUT2D eigenvalue weighted by molar-refractivity contribution is 5.78. The van der Waals surface area contributed by atoms with Crippen LogP contribution in [0, 0.1) is 19.3 Å². The molecule has 0 N–H and O–H groups in total. The second-order valence-electron chi connectivity index (χ2n) is 8.84. The van der Waals surface area contributed by atoms with Crippen molar-refractivity contribution in [2.75, 3.05) is 19.7 Å². The van der Waals surface area contributed by atoms with Crippen LogP contribution in [0.5, 0.6) is 0 Å². The van der Waals surface area contributed by atoms with Crippen molar-refractivity contribution in [2.45, 2.75) is 46.6 Å². The first kappa shape index (κ1) is 22.3. The first-order valence-electron chi connectivity index (χ1n) is 11.3. The predicted molar refractivity (Wildman–Crippen MR) is 122 cm³/mol. The summed E-state index contributed by atoms with van der Waals surface area (Å²) < 4.78 is 13.4. The Morgan fingerprint density at radius 1 is 1.28 bits per heavy atom. The molecule has 1 aliphatic heterocycles. The average molecular weight is 437 g/mol. The van der Waals surface area contributed by atoms with Gasteiger partial charge < -0.3 is 13.8 Å². The molecule has 170 valence electrons. The van der Waals surface area contributed by atoms with E-state index in [2.05, 4.69) is 32.6 Å². The van der Waals surface area contributed by atoms with Crippen LogP contribution in [0.3, 0.4) is 0 Å². The van der Waals surface area contributed by atoms with Crippen LogP contribution in [0.1, 0.15) is 42.6 Å². The van der Waals surface area contributed by atoms with Crippen molar-refractivity contribution < 1.29 is 14.1 Å². The van der Waals surface area contributed by atoms with Gasteiger partial charge in [-0.05, 0) is 45.7 Å². The van der Waals surface area contributed by atoms with Crippen LogP contribution in [0.2, 0.25) is 0 Å². The molecule has 0 bridgehead atoms. The lowest BCUT2D eigenvalue weighted by Crippen LogP contribution is -2.49. The number of aromatic nitrogens is 3. The zero-order valence-electron chi connectivity index (χ0n) is 19.4. The first-order valence-corrected chi connectivity index (χ1v) is 11.3. The van der Waals surface area contributed by atoms with E-state index < -0.39 is 5.41 Å². The van der Waals surface area contributed by atoms with Gasteiger partial charge in [0.1, 0.15) is 17.3 Å². The average Bonchev–Trinajstić information content (AvgIpc) is 3.36. The summed E-state index contributed by atoms with van der Waals surface area (Å²) in [5, 5.41) is 4.30. The van der Waals surface area contributed by atoms with Crippen LogP contribution in [0.4, 0.5) is 0 Å². The molecule has 1 aliphatic rings. The molecule has 1 atom stereocenters. The Labute approximate surface area is 189 Å². The van der Waals surface area contributed by atoms with E-state index in [0.717, 1.165) is 60.0 Å². The Morgan fingerprint density at radius 2 is 2.09 bits per heavy atom. The number of piperidine rings is 1. The molecule has 0 radical (unpaired) electrons. The molecule has 7 heteroatoms. The summed E-state index contributed by atoms with van der Waals surface area (Å²) in [5.41, 5.74) is 3.48. The minimum Gasteiger partial charge on any atom is -0.466 e. The normalized spacial score (nSPS) is 19.2. The molecule has 0 aliphatic carbocycles. The molecule has 0 spiro atoms. The number of imidazole rings is 1. The van der Waals surface area contributed by atoms with Gasteiger partial charge in [0.2, 0.25) is 0 Å². The molecule has 3 heterocycles. The topological polar surface area (TPSA) is 73.4 Å². The van der Waals surface area contributed by atoms with Crippen LogP contribution in [-0.2, 0) is 29.5 Å². The molecule has 1 unspecified atom stereocenters. The Bertz CT molecular complexity index is 1090. The molecular weight excluding hydrogens is 404 g/mol. The summed E-state index contributed by atoms with van der Waals surface area (Å²) in [7, 11) is 2.03. The van der Waals surface area contributed by atoms with Crippen LogP contribution >= 0.6 is 0 Å². The number of nitrogens with zero attached hydrogens (tertiary/aromatic N) is 4. The van der Waals surface area contributed by atoms with E-state index in [1.54, 1.807) is 0 Å². The molecule has 3 aromatic rings. The summed E-state index contributed by atoms with van der Waals surface area (Å²) in [4.78, 5) is 19.9. The van der Waals surface area contributed by atoms with Crippen LogP contribution in [0.25, 0.3) is 11.3 Å². The lowest BCUT2D eigenvalue weighted by Gasteiger charge is -2.40. The third-order valence-corrected chi connectivity index (χ3v) is 6.56. The minimum atomic E-state index is -0.648. The lowest BCUT2D eigenvalue weighted by molar-refractivity contribution is -0.159. The van der Waals surface area contributed by atoms with Gasteiger partial charge in [0.25, 0.3) is 0 Å². The zero-order valence-corrected chi connectivity index (χ0v) is 19.4. The fraction of sp³-hybridized carbons (Fsp3) is 0.480. The lowest BCUT2D eigenvalue weighted by atomic mass is 9.76. The van der Waals surface area contributed by atoms with Crippen LogP contribution in [-0.4, -0.2) is 45.3 Å². The maximum atomic E-state index is 13.2. The van der Waals surface area contributed by atoms with Crippen molar-refractivity contribution in [1.82, 2.24) is 19.6 Å². The summed E-state index contributed by atoms with van der Waals surface area (Å²) in [6.07, 6.45) is 4.09. The zero-order chi connectivity index (χ0) is 22.7. The molecule has 1 aromatic carbocycles. The molecule has 1 fully saturated rings. The van der Waals surface area contributed by atoms with Gasteiger partial charge in [-0.2, -0.15) is 0 Å². The molecular formula is C25H32N4O3. The number of ether oxygens (including phenoxy) is 1. The van der Waals surface area contributed by atoms with E-state index in [9.17, 15) is 4.79 Å². The summed E-state index contributed by atoms with van der Waals surface area (Å²) >= 11 is 0. The number of carbonyl (C=O) groups is 1. The fourth-order valence-corrected chi connectivity index (χ4v) is 4.67. The van der Waals surface area contributed by atoms with Crippen molar-refractivity contribution in [1.29, 1.82) is 0 Å². The Hall–Kier alpha value is -2.93. The molecule has 1 saturated heterocycles. The number of carbonyl (C=O) groups excluding carboxylic acids is 1. The van der Waals surface area contributed by atoms with Crippen molar-refractivity contribution in [2.24, 2.45) is 12.5 Å². The van der Waals surface area contributed by atoms with Gasteiger partial charge >= 0.3 is 5.97 Å². The fourth-order valence-electron chi connectivity index (χ4n) is 4.67. The summed E-state index contributed by atoms with van der Waals surface area (Å²) in [5.74, 6) is 1.55. The number of hydrogen-bond donors (Lipinski definition) is 0. The Balaban J connectivity index is 1.57. The molecule has 0 saturated carbocycles. The van der Waals surface area contributed by atoms with E-state index in [1.165, 1.54) is 0 Å². The third-order valence-electron chi connectivity index (χ3n) is 6.56. The minimum absolute atomic E-state index is 0.153. The molecule has 2 aromatic heterocycles. The molecule has 7 nitrogen and oxygen atoms in total. The SMILES string of the molecule is CCOC(=O)C1(Cc2cc(-c3ccccc3C)no2)CCCN(Cc2cnc(C)n2C)C1. The van der Waals surface area contributed by atoms with Gasteiger partial charge in [-0.1, -0.05) is 29.4 Å². The van der Waals surface area contributed by atoms with Crippen LogP contribution < -0.4 is 0 Å². The number of esters is 1. The highest BCUT2D eigenvalue weighted by Gasteiger charge is 2.44. The quantitative estimate of drug-likeness (QED) is 0.520. The van der Waals surface area contributed by atoms with Crippen molar-refractivity contribution in [3.8, 4) is 11.3 Å². The van der Waals surface area contributed by atoms with E-state index in [1.807, 2.05) is 51.4 Å². The Morgan fingerprint density at radius 3 is 2.81 bits per heavy atom. The van der Waals surface area contributed by atoms with Gasteiger partial charge in [0, 0.05) is 44.4 Å².